The number of carbonyl (C=O) groups is 4. The molecule has 2 fully saturated rings. The molecule has 12 heteroatoms. The van der Waals surface area contributed by atoms with Crippen molar-refractivity contribution in [2.24, 2.45) is 29.4 Å². The zero-order valence-electron chi connectivity index (χ0n) is 27.3. The maximum Gasteiger partial charge on any atom is 0.255 e. The molecular weight excluding hydrogens is 616 g/mol. The molecule has 0 saturated heterocycles. The highest BCUT2D eigenvalue weighted by atomic mass is 16.4. The Morgan fingerprint density at radius 1 is 1.10 bits per heavy atom. The summed E-state index contributed by atoms with van der Waals surface area (Å²) >= 11 is 0. The molecule has 1 aromatic heterocycles. The number of nitrogens with zero attached hydrogens (tertiary/aromatic N) is 2. The summed E-state index contributed by atoms with van der Waals surface area (Å²) in [5, 5.41) is 49.5. The number of nitrogens with two attached hydrogens (primary N) is 1. The van der Waals surface area contributed by atoms with Gasteiger partial charge in [0, 0.05) is 30.4 Å². The van der Waals surface area contributed by atoms with Crippen molar-refractivity contribution in [1.82, 2.24) is 15.2 Å². The molecule has 6 atom stereocenters. The number of phenolic OH excluding ortho intramolecular Hbond substituents is 1. The number of primary amides is 1. The summed E-state index contributed by atoms with van der Waals surface area (Å²) in [6.45, 7) is -0.0721. The number of aromatic hydroxyl groups is 1. The van der Waals surface area contributed by atoms with Crippen LogP contribution in [0.3, 0.4) is 0 Å². The first kappa shape index (κ1) is 33.8. The zero-order chi connectivity index (χ0) is 34.5. The second kappa shape index (κ2) is 13.1. The molecule has 4 aliphatic carbocycles. The fourth-order valence-corrected chi connectivity index (χ4v) is 8.86. The molecule has 12 nitrogen and oxygen atoms in total. The van der Waals surface area contributed by atoms with Gasteiger partial charge in [0.25, 0.3) is 11.8 Å². The highest BCUT2D eigenvalue weighted by molar-refractivity contribution is 6.22. The molecule has 256 valence electrons. The molecule has 2 saturated carbocycles. The van der Waals surface area contributed by atoms with Gasteiger partial charge in [-0.1, -0.05) is 38.2 Å². The maximum atomic E-state index is 14.5. The van der Waals surface area contributed by atoms with Gasteiger partial charge >= 0.3 is 0 Å². The van der Waals surface area contributed by atoms with E-state index in [1.54, 1.807) is 32.4 Å². The largest absolute Gasteiger partial charge is 0.508 e. The van der Waals surface area contributed by atoms with E-state index in [4.69, 9.17) is 5.73 Å². The predicted molar refractivity (Wildman–Crippen MR) is 174 cm³/mol. The minimum atomic E-state index is -2.52. The fourth-order valence-electron chi connectivity index (χ4n) is 8.86. The van der Waals surface area contributed by atoms with E-state index in [1.807, 2.05) is 6.07 Å². The van der Waals surface area contributed by atoms with Gasteiger partial charge in [0.1, 0.15) is 23.2 Å². The predicted octanol–water partition coefficient (Wildman–Crippen LogP) is 2.12. The summed E-state index contributed by atoms with van der Waals surface area (Å²) < 4.78 is 0. The van der Waals surface area contributed by atoms with Crippen LogP contribution in [-0.2, 0) is 29.0 Å². The van der Waals surface area contributed by atoms with E-state index >= 15 is 0 Å². The molecule has 0 radical (unpaired) electrons. The number of Topliss-reactive ketones (excluding diaryl/α,β-unsaturated/α-hetero) is 2. The average molecular weight is 661 g/mol. The zero-order valence-corrected chi connectivity index (χ0v) is 27.3. The van der Waals surface area contributed by atoms with Gasteiger partial charge in [0.05, 0.1) is 23.1 Å². The molecule has 0 spiro atoms. The third-order valence-corrected chi connectivity index (χ3v) is 11.2. The Kier molecular flexibility index (Phi) is 9.18. The Bertz CT molecular complexity index is 1670. The number of aliphatic hydroxyl groups excluding tert-OH is 2. The lowest BCUT2D eigenvalue weighted by molar-refractivity contribution is -0.183. The summed E-state index contributed by atoms with van der Waals surface area (Å²) in [6, 6.07) is 4.01. The number of amides is 2. The number of phenols is 1. The van der Waals surface area contributed by atoms with E-state index in [2.05, 4.69) is 10.3 Å². The number of aliphatic hydroxyl groups is 3. The van der Waals surface area contributed by atoms with E-state index < -0.39 is 70.2 Å². The van der Waals surface area contributed by atoms with Gasteiger partial charge in [-0.3, -0.25) is 29.1 Å². The first-order valence-electron chi connectivity index (χ1n) is 16.8. The fraction of sp³-hybridized carbons (Fsp3) is 0.528. The van der Waals surface area contributed by atoms with Crippen LogP contribution >= 0.6 is 0 Å². The van der Waals surface area contributed by atoms with Gasteiger partial charge in [-0.25, -0.2) is 0 Å². The van der Waals surface area contributed by atoms with Gasteiger partial charge in [-0.05, 0) is 74.9 Å². The normalized spacial score (nSPS) is 28.9. The van der Waals surface area contributed by atoms with E-state index in [1.165, 1.54) is 30.4 Å². The Morgan fingerprint density at radius 3 is 2.48 bits per heavy atom. The highest BCUT2D eigenvalue weighted by Crippen LogP contribution is 2.54. The Morgan fingerprint density at radius 2 is 1.83 bits per heavy atom. The lowest BCUT2D eigenvalue weighted by Gasteiger charge is -2.55. The molecule has 7 N–H and O–H groups in total. The van der Waals surface area contributed by atoms with Gasteiger partial charge in [0.2, 0.25) is 0 Å². The second-order valence-electron chi connectivity index (χ2n) is 14.2. The summed E-state index contributed by atoms with van der Waals surface area (Å²) in [4.78, 5) is 58.6. The maximum absolute atomic E-state index is 14.5. The van der Waals surface area contributed by atoms with Crippen molar-refractivity contribution in [1.29, 1.82) is 0 Å². The van der Waals surface area contributed by atoms with Crippen LogP contribution in [0.15, 0.2) is 41.9 Å². The quantitative estimate of drug-likeness (QED) is 0.228. The lowest BCUT2D eigenvalue weighted by Crippen LogP contribution is -2.69. The number of nitrogens with one attached hydrogen (secondary N) is 1. The monoisotopic (exact) mass is 660 g/mol. The van der Waals surface area contributed by atoms with Crippen LogP contribution < -0.4 is 11.1 Å². The molecule has 0 bridgehead atoms. The van der Waals surface area contributed by atoms with Crippen molar-refractivity contribution >= 4 is 23.4 Å². The van der Waals surface area contributed by atoms with Crippen molar-refractivity contribution in [2.75, 3.05) is 14.1 Å². The van der Waals surface area contributed by atoms with Gasteiger partial charge in [-0.2, -0.15) is 0 Å². The molecule has 6 rings (SSSR count). The number of rotatable bonds is 8. The van der Waals surface area contributed by atoms with Crippen molar-refractivity contribution in [2.45, 2.75) is 82.1 Å². The first-order chi connectivity index (χ1) is 22.9. The Labute approximate surface area is 279 Å². The standard InChI is InChI=1S/C36H44N4O8/c1-40(2)28-24-15-21-14-23-19(11-10-18-7-4-3-5-8-18)13-22(17-39-35(47)20-9-6-12-38-16-20)29(41)26(23)30(42)25(21)32(44)36(24,48)33(45)27(31(28)43)34(37)46/h6,9,12-13,16,18,21,24-25,28,32,41,44-45,48H,3-5,7-8,10-11,14-15,17H2,1-2H3,(H2,37,46)(H,39,47)/t21-,24-,25?,28-,32?,36-/m0/s1. The van der Waals surface area contributed by atoms with Crippen LogP contribution in [0.25, 0.3) is 0 Å². The SMILES string of the molecule is CN(C)[C@@H]1C(=O)C(C(N)=O)=C(O)[C@@]2(O)C(O)C3C(=O)c4c(O)c(CNC(=O)c5cccnc5)cc(CCC5CCCCC5)c4C[C@H]3C[C@@H]12. The van der Waals surface area contributed by atoms with Gasteiger partial charge < -0.3 is 31.5 Å². The van der Waals surface area contributed by atoms with Crippen molar-refractivity contribution < 1.29 is 39.6 Å². The van der Waals surface area contributed by atoms with Crippen LogP contribution in [0, 0.1) is 23.7 Å². The number of aromatic nitrogens is 1. The van der Waals surface area contributed by atoms with Crippen molar-refractivity contribution in [3.8, 4) is 5.75 Å². The summed E-state index contributed by atoms with van der Waals surface area (Å²) in [6.07, 6.45) is 8.84. The van der Waals surface area contributed by atoms with Crippen LogP contribution in [0.5, 0.6) is 5.75 Å². The molecule has 2 unspecified atom stereocenters. The van der Waals surface area contributed by atoms with Crippen LogP contribution in [0.2, 0.25) is 0 Å². The molecule has 2 amide bonds. The number of aryl methyl sites for hydroxylation is 1. The minimum Gasteiger partial charge on any atom is -0.508 e. The van der Waals surface area contributed by atoms with E-state index in [9.17, 15) is 39.6 Å². The summed E-state index contributed by atoms with van der Waals surface area (Å²) in [5.74, 6) is -6.65. The number of fused-ring (bicyclic) bond motifs is 3. The average Bonchev–Trinajstić information content (AvgIpc) is 3.06. The van der Waals surface area contributed by atoms with Crippen LogP contribution in [-0.4, -0.2) is 85.5 Å². The molecule has 48 heavy (non-hydrogen) atoms. The molecule has 1 heterocycles. The number of ketones is 2. The molecule has 1 aromatic carbocycles. The highest BCUT2D eigenvalue weighted by Gasteiger charge is 2.66. The minimum absolute atomic E-state index is 0.0266. The van der Waals surface area contributed by atoms with Crippen molar-refractivity contribution in [3.63, 3.8) is 0 Å². The molecule has 4 aliphatic rings. The van der Waals surface area contributed by atoms with E-state index in [0.29, 0.717) is 29.0 Å². The van der Waals surface area contributed by atoms with Crippen LogP contribution in [0.1, 0.15) is 82.4 Å². The smallest absolute Gasteiger partial charge is 0.255 e. The summed E-state index contributed by atoms with van der Waals surface area (Å²) in [5.41, 5.74) is 4.39. The lowest BCUT2D eigenvalue weighted by atomic mass is 9.53. The molecule has 2 aromatic rings. The Balaban J connectivity index is 1.40. The number of carbonyl (C=O) groups excluding carboxylic acids is 4. The first-order valence-corrected chi connectivity index (χ1v) is 16.8. The third kappa shape index (κ3) is 5.59. The van der Waals surface area contributed by atoms with Crippen molar-refractivity contribution in [3.05, 3.63) is 69.7 Å². The van der Waals surface area contributed by atoms with Gasteiger partial charge in [0.15, 0.2) is 17.2 Å². The number of pyridine rings is 1. The number of benzene rings is 1. The summed E-state index contributed by atoms with van der Waals surface area (Å²) in [7, 11) is 3.19. The number of likely N-dealkylation sites (N-methyl/N-ethyl adjacent to an activating group) is 1. The molecule has 0 aliphatic heterocycles. The van der Waals surface area contributed by atoms with Gasteiger partial charge in [-0.15, -0.1) is 0 Å². The number of hydrogen-bond donors (Lipinski definition) is 6. The number of hydrogen-bond acceptors (Lipinski definition) is 10. The topological polar surface area (TPSA) is 203 Å². The van der Waals surface area contributed by atoms with E-state index in [0.717, 1.165) is 24.8 Å². The second-order valence-corrected chi connectivity index (χ2v) is 14.2. The Hall–Kier alpha value is -4.13. The third-order valence-electron chi connectivity index (χ3n) is 11.2. The van der Waals surface area contributed by atoms with Crippen LogP contribution in [0.4, 0.5) is 0 Å². The molecular formula is C36H44N4O8. The van der Waals surface area contributed by atoms with E-state index in [-0.39, 0.29) is 30.7 Å².